The molecule has 6 atom stereocenters. The molecule has 0 aromatic rings. The Morgan fingerprint density at radius 1 is 1.50 bits per heavy atom. The molecule has 1 aliphatic carbocycles. The van der Waals surface area contributed by atoms with Crippen molar-refractivity contribution in [2.45, 2.75) is 31.3 Å². The molecule has 0 saturated carbocycles. The average Bonchev–Trinajstić information content (AvgIpc) is 3.00. The second-order valence-electron chi connectivity index (χ2n) is 5.64. The van der Waals surface area contributed by atoms with Crippen LogP contribution in [0, 0.1) is 17.8 Å². The fourth-order valence-corrected chi connectivity index (χ4v) is 3.92. The van der Waals surface area contributed by atoms with Crippen LogP contribution in [0.5, 0.6) is 0 Å². The Labute approximate surface area is 115 Å². The third kappa shape index (κ3) is 1.18. The molecule has 6 nitrogen and oxygen atoms in total. The van der Waals surface area contributed by atoms with Gasteiger partial charge in [0.05, 0.1) is 23.7 Å². The van der Waals surface area contributed by atoms with Crippen LogP contribution in [0.3, 0.4) is 0 Å². The fraction of sp³-hybridized carbons (Fsp3) is 0.571. The Kier molecular flexibility index (Phi) is 2.17. The maximum absolute atomic E-state index is 12.0. The van der Waals surface area contributed by atoms with Gasteiger partial charge in [0.2, 0.25) is 6.29 Å². The molecule has 3 aliphatic heterocycles. The highest BCUT2D eigenvalue weighted by molar-refractivity contribution is 5.88. The zero-order chi connectivity index (χ0) is 14.1. The van der Waals surface area contributed by atoms with Gasteiger partial charge in [-0.2, -0.15) is 0 Å². The first kappa shape index (κ1) is 12.0. The minimum Gasteiger partial charge on any atom is -0.478 e. The predicted molar refractivity (Wildman–Crippen MR) is 64.2 cm³/mol. The zero-order valence-electron chi connectivity index (χ0n) is 10.8. The van der Waals surface area contributed by atoms with Gasteiger partial charge in [0.25, 0.3) is 0 Å². The van der Waals surface area contributed by atoms with Crippen molar-refractivity contribution in [3.05, 3.63) is 24.0 Å². The second kappa shape index (κ2) is 3.63. The predicted octanol–water partition coefficient (Wildman–Crippen LogP) is 0.834. The summed E-state index contributed by atoms with van der Waals surface area (Å²) in [6, 6.07) is 0. The van der Waals surface area contributed by atoms with Crippen LogP contribution in [0.2, 0.25) is 0 Å². The Morgan fingerprint density at radius 3 is 3.00 bits per heavy atom. The number of carboxylic acids is 1. The summed E-state index contributed by atoms with van der Waals surface area (Å²) in [5, 5.41) is 9.24. The van der Waals surface area contributed by atoms with Crippen molar-refractivity contribution >= 4 is 11.9 Å². The van der Waals surface area contributed by atoms with Crippen molar-refractivity contribution in [1.29, 1.82) is 0 Å². The molecule has 106 valence electrons. The molecule has 0 bridgehead atoms. The van der Waals surface area contributed by atoms with E-state index >= 15 is 0 Å². The standard InChI is InChI=1S/C14H14O6/c1-2-6-10-14(20-12(6)17)4-3-7-8(11(15)16)5-18-13(19-10)9(7)14/h3-7,9-10,13H,2H2,1H3,(H,15,16)/t6?,7-,9-,10-,13-,14?/m1/s1. The average molecular weight is 278 g/mol. The first-order valence-electron chi connectivity index (χ1n) is 6.75. The number of carbonyl (C=O) groups excluding carboxylic acids is 1. The van der Waals surface area contributed by atoms with E-state index in [1.807, 2.05) is 6.92 Å². The molecule has 6 heteroatoms. The first-order chi connectivity index (χ1) is 9.58. The monoisotopic (exact) mass is 278 g/mol. The SMILES string of the molecule is CCC1C(=O)OC23C=C[C@@H]4C(C(=O)O)=CO[C@H](O[C@H]12)[C@@H]43. The van der Waals surface area contributed by atoms with Gasteiger partial charge in [0, 0.05) is 5.92 Å². The molecule has 4 aliphatic rings. The lowest BCUT2D eigenvalue weighted by atomic mass is 9.77. The summed E-state index contributed by atoms with van der Waals surface area (Å²) in [6.07, 6.45) is 4.54. The molecule has 0 aromatic heterocycles. The van der Waals surface area contributed by atoms with Crippen molar-refractivity contribution in [3.8, 4) is 0 Å². The summed E-state index contributed by atoms with van der Waals surface area (Å²) < 4.78 is 16.9. The van der Waals surface area contributed by atoms with Crippen LogP contribution in [-0.2, 0) is 23.8 Å². The molecule has 1 spiro atoms. The van der Waals surface area contributed by atoms with Crippen LogP contribution < -0.4 is 0 Å². The van der Waals surface area contributed by atoms with Crippen LogP contribution in [0.1, 0.15) is 13.3 Å². The number of esters is 1. The minimum absolute atomic E-state index is 0.180. The first-order valence-corrected chi connectivity index (χ1v) is 6.75. The van der Waals surface area contributed by atoms with Crippen molar-refractivity contribution in [3.63, 3.8) is 0 Å². The maximum atomic E-state index is 12.0. The normalized spacial score (nSPS) is 47.4. The smallest absolute Gasteiger partial charge is 0.335 e. The van der Waals surface area contributed by atoms with Crippen LogP contribution in [0.15, 0.2) is 24.0 Å². The van der Waals surface area contributed by atoms with Gasteiger partial charge in [-0.25, -0.2) is 4.79 Å². The Balaban J connectivity index is 1.78. The van der Waals surface area contributed by atoms with Gasteiger partial charge >= 0.3 is 11.9 Å². The fourth-order valence-electron chi connectivity index (χ4n) is 3.92. The highest BCUT2D eigenvalue weighted by Gasteiger charge is 2.71. The number of allylic oxidation sites excluding steroid dienone is 1. The van der Waals surface area contributed by atoms with Gasteiger partial charge in [-0.1, -0.05) is 13.0 Å². The van der Waals surface area contributed by atoms with E-state index in [4.69, 9.17) is 14.2 Å². The quantitative estimate of drug-likeness (QED) is 0.595. The van der Waals surface area contributed by atoms with E-state index in [2.05, 4.69) is 0 Å². The lowest BCUT2D eigenvalue weighted by molar-refractivity contribution is -0.162. The molecule has 0 radical (unpaired) electrons. The van der Waals surface area contributed by atoms with Gasteiger partial charge < -0.3 is 19.3 Å². The van der Waals surface area contributed by atoms with Gasteiger partial charge in [0.15, 0.2) is 5.60 Å². The lowest BCUT2D eigenvalue weighted by Gasteiger charge is -2.32. The number of hydrogen-bond donors (Lipinski definition) is 1. The van der Waals surface area contributed by atoms with Crippen molar-refractivity contribution in [2.24, 2.45) is 17.8 Å². The number of ether oxygens (including phenoxy) is 3. The summed E-state index contributed by atoms with van der Waals surface area (Å²) in [5.74, 6) is -2.24. The molecule has 2 saturated heterocycles. The zero-order valence-corrected chi connectivity index (χ0v) is 10.8. The molecular formula is C14H14O6. The van der Waals surface area contributed by atoms with E-state index in [1.165, 1.54) is 6.26 Å². The Hall–Kier alpha value is -1.82. The largest absolute Gasteiger partial charge is 0.478 e. The summed E-state index contributed by atoms with van der Waals surface area (Å²) in [4.78, 5) is 23.3. The summed E-state index contributed by atoms with van der Waals surface area (Å²) in [6.45, 7) is 1.91. The molecule has 20 heavy (non-hydrogen) atoms. The second-order valence-corrected chi connectivity index (χ2v) is 5.64. The Bertz CT molecular complexity index is 564. The summed E-state index contributed by atoms with van der Waals surface area (Å²) >= 11 is 0. The number of carboxylic acid groups (broad SMARTS) is 1. The van der Waals surface area contributed by atoms with E-state index in [-0.39, 0.29) is 29.3 Å². The summed E-state index contributed by atoms with van der Waals surface area (Å²) in [5.41, 5.74) is -0.679. The molecule has 0 amide bonds. The van der Waals surface area contributed by atoms with E-state index in [9.17, 15) is 14.7 Å². The van der Waals surface area contributed by atoms with Gasteiger partial charge in [-0.05, 0) is 12.5 Å². The molecular weight excluding hydrogens is 264 g/mol. The topological polar surface area (TPSA) is 82.1 Å². The third-order valence-electron chi connectivity index (χ3n) is 4.81. The number of hydrogen-bond acceptors (Lipinski definition) is 5. The van der Waals surface area contributed by atoms with Crippen LogP contribution in [0.25, 0.3) is 0 Å². The van der Waals surface area contributed by atoms with E-state index in [0.717, 1.165) is 0 Å². The van der Waals surface area contributed by atoms with Crippen LogP contribution in [-0.4, -0.2) is 35.0 Å². The number of rotatable bonds is 2. The molecule has 2 unspecified atom stereocenters. The van der Waals surface area contributed by atoms with Gasteiger partial charge in [-0.15, -0.1) is 0 Å². The summed E-state index contributed by atoms with van der Waals surface area (Å²) in [7, 11) is 0. The molecule has 2 fully saturated rings. The maximum Gasteiger partial charge on any atom is 0.335 e. The van der Waals surface area contributed by atoms with E-state index < -0.39 is 24.0 Å². The number of aliphatic carboxylic acids is 1. The van der Waals surface area contributed by atoms with Gasteiger partial charge in [0.1, 0.15) is 6.10 Å². The lowest BCUT2D eigenvalue weighted by Crippen LogP contribution is -2.43. The third-order valence-corrected chi connectivity index (χ3v) is 4.81. The van der Waals surface area contributed by atoms with Crippen molar-refractivity contribution in [1.82, 2.24) is 0 Å². The van der Waals surface area contributed by atoms with Crippen LogP contribution in [0.4, 0.5) is 0 Å². The van der Waals surface area contributed by atoms with E-state index in [0.29, 0.717) is 6.42 Å². The minimum atomic E-state index is -1.02. The molecule has 4 rings (SSSR count). The number of carbonyl (C=O) groups is 2. The van der Waals surface area contributed by atoms with Crippen molar-refractivity contribution < 1.29 is 28.9 Å². The van der Waals surface area contributed by atoms with Gasteiger partial charge in [-0.3, -0.25) is 4.79 Å². The highest BCUT2D eigenvalue weighted by Crippen LogP contribution is 2.58. The van der Waals surface area contributed by atoms with Crippen LogP contribution >= 0.6 is 0 Å². The van der Waals surface area contributed by atoms with E-state index in [1.54, 1.807) is 12.2 Å². The Morgan fingerprint density at radius 2 is 2.30 bits per heavy atom. The molecule has 3 heterocycles. The highest BCUT2D eigenvalue weighted by atomic mass is 16.7. The van der Waals surface area contributed by atoms with Crippen molar-refractivity contribution in [2.75, 3.05) is 0 Å². The molecule has 1 N–H and O–H groups in total. The molecule has 0 aromatic carbocycles.